The van der Waals surface area contributed by atoms with Gasteiger partial charge in [0.2, 0.25) is 0 Å². The number of hydrogen-bond acceptors (Lipinski definition) is 5. The maximum Gasteiger partial charge on any atom is 0.343 e. The van der Waals surface area contributed by atoms with Crippen LogP contribution in [0.2, 0.25) is 0 Å². The molecule has 1 heterocycles. The predicted octanol–water partition coefficient (Wildman–Crippen LogP) is 3.21. The molecule has 2 aromatic rings. The summed E-state index contributed by atoms with van der Waals surface area (Å²) in [5, 5.41) is 3.22. The van der Waals surface area contributed by atoms with E-state index in [1.165, 1.54) is 7.11 Å². The third kappa shape index (κ3) is 4.31. The molecule has 0 saturated carbocycles. The summed E-state index contributed by atoms with van der Waals surface area (Å²) < 4.78 is 15.8. The molecule has 5 nitrogen and oxygen atoms in total. The number of anilines is 1. The van der Waals surface area contributed by atoms with Gasteiger partial charge in [-0.15, -0.1) is 0 Å². The number of carbonyl (C=O) groups excluding carboxylic acids is 1. The van der Waals surface area contributed by atoms with E-state index in [0.29, 0.717) is 17.0 Å². The molecular weight excluding hydrogens is 326 g/mol. The average molecular weight is 340 g/mol. The fourth-order valence-electron chi connectivity index (χ4n) is 1.51. The Balaban J connectivity index is 1.83. The van der Waals surface area contributed by atoms with Crippen LogP contribution in [0, 0.1) is 0 Å². The zero-order valence-electron chi connectivity index (χ0n) is 10.9. The fourth-order valence-corrected chi connectivity index (χ4v) is 1.85. The summed E-state index contributed by atoms with van der Waals surface area (Å²) in [6.45, 7) is 0.498. The number of benzene rings is 1. The van der Waals surface area contributed by atoms with Crippen LogP contribution in [0.15, 0.2) is 45.5 Å². The van der Waals surface area contributed by atoms with Crippen molar-refractivity contribution in [2.45, 2.75) is 6.54 Å². The van der Waals surface area contributed by atoms with Crippen LogP contribution in [0.5, 0.6) is 5.75 Å². The molecule has 1 N–H and O–H groups in total. The van der Waals surface area contributed by atoms with Crippen molar-refractivity contribution in [3.63, 3.8) is 0 Å². The monoisotopic (exact) mass is 339 g/mol. The molecule has 0 spiro atoms. The van der Waals surface area contributed by atoms with Gasteiger partial charge in [-0.2, -0.15) is 0 Å². The molecule has 6 heteroatoms. The lowest BCUT2D eigenvalue weighted by Crippen LogP contribution is -2.12. The largest absolute Gasteiger partial charge is 0.482 e. The van der Waals surface area contributed by atoms with E-state index in [4.69, 9.17) is 9.15 Å². The summed E-state index contributed by atoms with van der Waals surface area (Å²) >= 11 is 3.25. The summed E-state index contributed by atoms with van der Waals surface area (Å²) in [6.07, 6.45) is 0. The standard InChI is InChI=1S/C14H14BrNO4/c1-18-14(17)9-19-11-4-2-10(3-5-11)16-8-12-6-7-13(15)20-12/h2-7,16H,8-9H2,1H3. The normalized spacial score (nSPS) is 10.1. The topological polar surface area (TPSA) is 60.7 Å². The Morgan fingerprint density at radius 3 is 2.60 bits per heavy atom. The summed E-state index contributed by atoms with van der Waals surface area (Å²) in [5.41, 5.74) is 0.933. The SMILES string of the molecule is COC(=O)COc1ccc(NCc2ccc(Br)o2)cc1. The molecule has 0 radical (unpaired) electrons. The molecule has 0 bridgehead atoms. The van der Waals surface area contributed by atoms with Gasteiger partial charge < -0.3 is 19.2 Å². The number of esters is 1. The lowest BCUT2D eigenvalue weighted by molar-refractivity contribution is -0.142. The molecule has 0 atom stereocenters. The Morgan fingerprint density at radius 2 is 2.00 bits per heavy atom. The van der Waals surface area contributed by atoms with Crippen LogP contribution >= 0.6 is 15.9 Å². The van der Waals surface area contributed by atoms with Crippen molar-refractivity contribution in [1.29, 1.82) is 0 Å². The lowest BCUT2D eigenvalue weighted by Gasteiger charge is -2.07. The number of ether oxygens (including phenoxy) is 2. The maximum atomic E-state index is 10.9. The molecule has 1 aromatic heterocycles. The van der Waals surface area contributed by atoms with Gasteiger partial charge in [0.05, 0.1) is 13.7 Å². The molecule has 106 valence electrons. The Morgan fingerprint density at radius 1 is 1.25 bits per heavy atom. The highest BCUT2D eigenvalue weighted by molar-refractivity contribution is 9.10. The zero-order chi connectivity index (χ0) is 14.4. The first-order valence-electron chi connectivity index (χ1n) is 5.95. The fraction of sp³-hybridized carbons (Fsp3) is 0.214. The second-order valence-electron chi connectivity index (χ2n) is 3.95. The number of furan rings is 1. The van der Waals surface area contributed by atoms with Crippen molar-refractivity contribution < 1.29 is 18.7 Å². The minimum Gasteiger partial charge on any atom is -0.482 e. The van der Waals surface area contributed by atoms with Crippen molar-refractivity contribution >= 4 is 27.6 Å². The van der Waals surface area contributed by atoms with E-state index in [-0.39, 0.29) is 6.61 Å². The van der Waals surface area contributed by atoms with Gasteiger partial charge in [-0.25, -0.2) is 4.79 Å². The molecule has 0 aliphatic rings. The average Bonchev–Trinajstić information content (AvgIpc) is 2.89. The van der Waals surface area contributed by atoms with Gasteiger partial charge in [-0.3, -0.25) is 0 Å². The van der Waals surface area contributed by atoms with Crippen molar-refractivity contribution in [2.24, 2.45) is 0 Å². The van der Waals surface area contributed by atoms with Gasteiger partial charge >= 0.3 is 5.97 Å². The third-order valence-corrected chi connectivity index (χ3v) is 2.96. The van der Waals surface area contributed by atoms with E-state index in [2.05, 4.69) is 26.0 Å². The molecule has 0 saturated heterocycles. The Labute approximate surface area is 125 Å². The van der Waals surface area contributed by atoms with Crippen LogP contribution in [-0.2, 0) is 16.1 Å². The number of carbonyl (C=O) groups is 1. The van der Waals surface area contributed by atoms with E-state index < -0.39 is 5.97 Å². The molecule has 1 aromatic carbocycles. The number of nitrogens with one attached hydrogen (secondary N) is 1. The summed E-state index contributed by atoms with van der Waals surface area (Å²) in [6, 6.07) is 11.0. The van der Waals surface area contributed by atoms with Crippen molar-refractivity contribution in [3.05, 3.63) is 46.8 Å². The second-order valence-corrected chi connectivity index (χ2v) is 4.73. The van der Waals surface area contributed by atoms with E-state index in [1.54, 1.807) is 12.1 Å². The highest BCUT2D eigenvalue weighted by Gasteiger charge is 2.02. The summed E-state index contributed by atoms with van der Waals surface area (Å²) in [7, 11) is 1.33. The molecule has 20 heavy (non-hydrogen) atoms. The smallest absolute Gasteiger partial charge is 0.343 e. The van der Waals surface area contributed by atoms with Gasteiger partial charge in [-0.1, -0.05) is 0 Å². The molecule has 0 aliphatic carbocycles. The number of rotatable bonds is 6. The molecule has 0 aliphatic heterocycles. The highest BCUT2D eigenvalue weighted by atomic mass is 79.9. The van der Waals surface area contributed by atoms with Gasteiger partial charge in [0.15, 0.2) is 11.3 Å². The van der Waals surface area contributed by atoms with Crippen LogP contribution in [0.25, 0.3) is 0 Å². The first-order chi connectivity index (χ1) is 9.67. The van der Waals surface area contributed by atoms with E-state index in [9.17, 15) is 4.79 Å². The number of methoxy groups -OCH3 is 1. The predicted molar refractivity (Wildman–Crippen MR) is 77.7 cm³/mol. The van der Waals surface area contributed by atoms with Crippen LogP contribution in [0.3, 0.4) is 0 Å². The Kier molecular flexibility index (Phi) is 5.06. The van der Waals surface area contributed by atoms with Gasteiger partial charge in [0.1, 0.15) is 11.5 Å². The molecular formula is C14H14BrNO4. The minimum absolute atomic E-state index is 0.0936. The van der Waals surface area contributed by atoms with Gasteiger partial charge in [-0.05, 0) is 52.3 Å². The lowest BCUT2D eigenvalue weighted by atomic mass is 10.3. The van der Waals surface area contributed by atoms with E-state index >= 15 is 0 Å². The minimum atomic E-state index is -0.407. The second kappa shape index (κ2) is 7.00. The third-order valence-electron chi connectivity index (χ3n) is 2.53. The van der Waals surface area contributed by atoms with Crippen LogP contribution < -0.4 is 10.1 Å². The summed E-state index contributed by atoms with van der Waals surface area (Å²) in [5.74, 6) is 1.04. The van der Waals surface area contributed by atoms with Crippen LogP contribution in [0.1, 0.15) is 5.76 Å². The first-order valence-corrected chi connectivity index (χ1v) is 6.74. The van der Waals surface area contributed by atoms with Crippen LogP contribution in [0.4, 0.5) is 5.69 Å². The van der Waals surface area contributed by atoms with E-state index in [1.807, 2.05) is 24.3 Å². The van der Waals surface area contributed by atoms with Gasteiger partial charge in [0, 0.05) is 5.69 Å². The number of halogens is 1. The van der Waals surface area contributed by atoms with Crippen molar-refractivity contribution in [2.75, 3.05) is 19.0 Å². The zero-order valence-corrected chi connectivity index (χ0v) is 12.5. The molecule has 0 unspecified atom stereocenters. The summed E-state index contributed by atoms with van der Waals surface area (Å²) in [4.78, 5) is 10.9. The molecule has 0 fully saturated rings. The molecule has 2 rings (SSSR count). The molecule has 0 amide bonds. The maximum absolute atomic E-state index is 10.9. The van der Waals surface area contributed by atoms with Gasteiger partial charge in [0.25, 0.3) is 0 Å². The van der Waals surface area contributed by atoms with E-state index in [0.717, 1.165) is 11.4 Å². The van der Waals surface area contributed by atoms with Crippen LogP contribution in [-0.4, -0.2) is 19.7 Å². The quantitative estimate of drug-likeness (QED) is 0.819. The number of hydrogen-bond donors (Lipinski definition) is 1. The van der Waals surface area contributed by atoms with Crippen molar-refractivity contribution in [1.82, 2.24) is 0 Å². The highest BCUT2D eigenvalue weighted by Crippen LogP contribution is 2.18. The first kappa shape index (κ1) is 14.5. The Bertz CT molecular complexity index is 565. The van der Waals surface area contributed by atoms with Crippen molar-refractivity contribution in [3.8, 4) is 5.75 Å². The Hall–Kier alpha value is -1.95.